The average Bonchev–Trinajstić information content (AvgIpc) is 3.38. The standard InChI is InChI=1S/C19H16N4O5/c1-3-23-14-7-6-12(9-13(14)20-11(2)18(23)24)19(25)27-10-16-21-22-17(28-16)15-5-4-8-26-15/h4-9H,3,10H2,1-2H3. The number of ether oxygens (including phenoxy) is 1. The van der Waals surface area contributed by atoms with E-state index in [-0.39, 0.29) is 23.9 Å². The molecule has 0 aliphatic carbocycles. The molecule has 0 aliphatic heterocycles. The van der Waals surface area contributed by atoms with E-state index < -0.39 is 5.97 Å². The fourth-order valence-corrected chi connectivity index (χ4v) is 2.84. The largest absolute Gasteiger partial charge is 0.459 e. The van der Waals surface area contributed by atoms with Gasteiger partial charge in [-0.05, 0) is 44.2 Å². The molecule has 3 heterocycles. The monoisotopic (exact) mass is 380 g/mol. The predicted octanol–water partition coefficient (Wildman–Crippen LogP) is 2.72. The summed E-state index contributed by atoms with van der Waals surface area (Å²) in [6.07, 6.45) is 1.49. The number of aryl methyl sites for hydroxylation is 2. The van der Waals surface area contributed by atoms with Crippen molar-refractivity contribution in [2.45, 2.75) is 27.0 Å². The molecule has 0 atom stereocenters. The van der Waals surface area contributed by atoms with Crippen LogP contribution in [0.4, 0.5) is 0 Å². The number of hydrogen-bond acceptors (Lipinski definition) is 8. The third-order valence-corrected chi connectivity index (χ3v) is 4.19. The molecule has 0 spiro atoms. The van der Waals surface area contributed by atoms with Gasteiger partial charge in [0.25, 0.3) is 17.3 Å². The van der Waals surface area contributed by atoms with Gasteiger partial charge in [-0.2, -0.15) is 0 Å². The molecule has 0 saturated carbocycles. The maximum atomic E-state index is 12.4. The van der Waals surface area contributed by atoms with Gasteiger partial charge in [0.1, 0.15) is 5.69 Å². The first kappa shape index (κ1) is 17.7. The van der Waals surface area contributed by atoms with Crippen molar-refractivity contribution in [3.8, 4) is 11.7 Å². The molecule has 0 bridgehead atoms. The number of furan rings is 1. The van der Waals surface area contributed by atoms with Crippen LogP contribution in [0.1, 0.15) is 28.9 Å². The van der Waals surface area contributed by atoms with Crippen LogP contribution in [0.5, 0.6) is 0 Å². The van der Waals surface area contributed by atoms with E-state index in [9.17, 15) is 9.59 Å². The van der Waals surface area contributed by atoms with Crippen molar-refractivity contribution in [3.63, 3.8) is 0 Å². The Bertz CT molecular complexity index is 1210. The zero-order valence-corrected chi connectivity index (χ0v) is 15.2. The molecule has 0 radical (unpaired) electrons. The lowest BCUT2D eigenvalue weighted by Crippen LogP contribution is -2.23. The van der Waals surface area contributed by atoms with Gasteiger partial charge in [-0.3, -0.25) is 4.79 Å². The Balaban J connectivity index is 1.53. The van der Waals surface area contributed by atoms with Gasteiger partial charge in [0.15, 0.2) is 12.4 Å². The number of rotatable bonds is 5. The molecule has 0 unspecified atom stereocenters. The first-order chi connectivity index (χ1) is 13.6. The molecule has 4 rings (SSSR count). The number of esters is 1. The van der Waals surface area contributed by atoms with Crippen LogP contribution in [0.15, 0.2) is 50.2 Å². The molecular weight excluding hydrogens is 364 g/mol. The maximum Gasteiger partial charge on any atom is 0.338 e. The zero-order chi connectivity index (χ0) is 19.7. The van der Waals surface area contributed by atoms with Gasteiger partial charge in [-0.1, -0.05) is 0 Å². The molecular formula is C19H16N4O5. The van der Waals surface area contributed by atoms with E-state index in [1.165, 1.54) is 6.26 Å². The maximum absolute atomic E-state index is 12.4. The van der Waals surface area contributed by atoms with Gasteiger partial charge < -0.3 is 18.1 Å². The number of aromatic nitrogens is 4. The van der Waals surface area contributed by atoms with Crippen molar-refractivity contribution >= 4 is 17.0 Å². The smallest absolute Gasteiger partial charge is 0.338 e. The lowest BCUT2D eigenvalue weighted by atomic mass is 10.2. The van der Waals surface area contributed by atoms with Crippen LogP contribution in [0.2, 0.25) is 0 Å². The zero-order valence-electron chi connectivity index (χ0n) is 15.2. The SMILES string of the molecule is CCn1c(=O)c(C)nc2cc(C(=O)OCc3nnc(-c4ccco4)o3)ccc21. The van der Waals surface area contributed by atoms with E-state index in [0.29, 0.717) is 34.6 Å². The number of fused-ring (bicyclic) bond motifs is 1. The van der Waals surface area contributed by atoms with Gasteiger partial charge in [0, 0.05) is 6.54 Å². The molecule has 0 aliphatic rings. The summed E-state index contributed by atoms with van der Waals surface area (Å²) in [4.78, 5) is 28.8. The quantitative estimate of drug-likeness (QED) is 0.486. The van der Waals surface area contributed by atoms with E-state index in [1.54, 1.807) is 41.8 Å². The molecule has 0 fully saturated rings. The van der Waals surface area contributed by atoms with Crippen LogP contribution in [-0.4, -0.2) is 25.7 Å². The van der Waals surface area contributed by atoms with E-state index >= 15 is 0 Å². The Kier molecular flexibility index (Phi) is 4.48. The average molecular weight is 380 g/mol. The molecule has 3 aromatic heterocycles. The van der Waals surface area contributed by atoms with Crippen molar-refractivity contribution in [1.82, 2.24) is 19.7 Å². The summed E-state index contributed by atoms with van der Waals surface area (Å²) in [7, 11) is 0. The Labute approximate surface area is 158 Å². The predicted molar refractivity (Wildman–Crippen MR) is 97.5 cm³/mol. The van der Waals surface area contributed by atoms with Crippen LogP contribution in [0.3, 0.4) is 0 Å². The molecule has 9 nitrogen and oxygen atoms in total. The highest BCUT2D eigenvalue weighted by Gasteiger charge is 2.15. The summed E-state index contributed by atoms with van der Waals surface area (Å²) in [6, 6.07) is 8.26. The van der Waals surface area contributed by atoms with Crippen molar-refractivity contribution in [2.75, 3.05) is 0 Å². The molecule has 0 amide bonds. The van der Waals surface area contributed by atoms with Crippen molar-refractivity contribution in [2.24, 2.45) is 0 Å². The van der Waals surface area contributed by atoms with Gasteiger partial charge in [0.05, 0.1) is 22.9 Å². The second-order valence-electron chi connectivity index (χ2n) is 6.00. The van der Waals surface area contributed by atoms with Crippen LogP contribution in [-0.2, 0) is 17.9 Å². The molecule has 142 valence electrons. The van der Waals surface area contributed by atoms with E-state index in [0.717, 1.165) is 0 Å². The van der Waals surface area contributed by atoms with Gasteiger partial charge in [-0.25, -0.2) is 9.78 Å². The third kappa shape index (κ3) is 3.18. The first-order valence-electron chi connectivity index (χ1n) is 8.61. The summed E-state index contributed by atoms with van der Waals surface area (Å²) < 4.78 is 17.4. The van der Waals surface area contributed by atoms with Crippen LogP contribution in [0, 0.1) is 6.92 Å². The van der Waals surface area contributed by atoms with E-state index in [1.807, 2.05) is 6.92 Å². The molecule has 0 saturated heterocycles. The van der Waals surface area contributed by atoms with Gasteiger partial charge >= 0.3 is 5.97 Å². The summed E-state index contributed by atoms with van der Waals surface area (Å²) in [5.74, 6) is 0.227. The van der Waals surface area contributed by atoms with Crippen molar-refractivity contribution < 1.29 is 18.4 Å². The molecule has 9 heteroatoms. The summed E-state index contributed by atoms with van der Waals surface area (Å²) in [5, 5.41) is 7.67. The topological polar surface area (TPSA) is 113 Å². The Morgan fingerprint density at radius 2 is 2.11 bits per heavy atom. The number of carbonyl (C=O) groups is 1. The molecule has 4 aromatic rings. The van der Waals surface area contributed by atoms with Crippen LogP contribution < -0.4 is 5.56 Å². The van der Waals surface area contributed by atoms with Gasteiger partial charge in [0.2, 0.25) is 0 Å². The molecule has 0 N–H and O–H groups in total. The fourth-order valence-electron chi connectivity index (χ4n) is 2.84. The van der Waals surface area contributed by atoms with E-state index in [2.05, 4.69) is 15.2 Å². The van der Waals surface area contributed by atoms with Crippen LogP contribution >= 0.6 is 0 Å². The van der Waals surface area contributed by atoms with Crippen molar-refractivity contribution in [3.05, 3.63) is 64.1 Å². The highest BCUT2D eigenvalue weighted by Crippen LogP contribution is 2.19. The summed E-state index contributed by atoms with van der Waals surface area (Å²) in [5.41, 5.74) is 1.75. The second-order valence-corrected chi connectivity index (χ2v) is 6.00. The summed E-state index contributed by atoms with van der Waals surface area (Å²) in [6.45, 7) is 3.86. The minimum Gasteiger partial charge on any atom is -0.459 e. The molecule has 1 aromatic carbocycles. The first-order valence-corrected chi connectivity index (χ1v) is 8.61. The lowest BCUT2D eigenvalue weighted by Gasteiger charge is -2.09. The molecule has 28 heavy (non-hydrogen) atoms. The minimum absolute atomic E-state index is 0.144. The van der Waals surface area contributed by atoms with Crippen LogP contribution in [0.25, 0.3) is 22.7 Å². The normalized spacial score (nSPS) is 11.1. The Morgan fingerprint density at radius 1 is 1.25 bits per heavy atom. The van der Waals surface area contributed by atoms with Crippen molar-refractivity contribution in [1.29, 1.82) is 0 Å². The highest BCUT2D eigenvalue weighted by atomic mass is 16.5. The Morgan fingerprint density at radius 3 is 2.86 bits per heavy atom. The Hall–Kier alpha value is -3.75. The van der Waals surface area contributed by atoms with Gasteiger partial charge in [-0.15, -0.1) is 10.2 Å². The highest BCUT2D eigenvalue weighted by molar-refractivity contribution is 5.93. The number of nitrogens with zero attached hydrogens (tertiary/aromatic N) is 4. The lowest BCUT2D eigenvalue weighted by molar-refractivity contribution is 0.0438. The number of carbonyl (C=O) groups excluding carboxylic acids is 1. The number of hydrogen-bond donors (Lipinski definition) is 0. The minimum atomic E-state index is -0.562. The third-order valence-electron chi connectivity index (χ3n) is 4.19. The second kappa shape index (κ2) is 7.10. The van der Waals surface area contributed by atoms with E-state index in [4.69, 9.17) is 13.6 Å². The number of benzene rings is 1. The summed E-state index contributed by atoms with van der Waals surface area (Å²) >= 11 is 0. The fraction of sp³-hybridized carbons (Fsp3) is 0.211.